The SMILES string of the molecule is CCC(=O)Nc1cccc(C(=O)Nc2nc(-c3ccc(C)cc3)c(C)s2)c1. The van der Waals surface area contributed by atoms with Crippen LogP contribution in [0.2, 0.25) is 0 Å². The van der Waals surface area contributed by atoms with Crippen molar-refractivity contribution in [1.29, 1.82) is 0 Å². The molecule has 27 heavy (non-hydrogen) atoms. The van der Waals surface area contributed by atoms with E-state index >= 15 is 0 Å². The van der Waals surface area contributed by atoms with Gasteiger partial charge < -0.3 is 5.32 Å². The van der Waals surface area contributed by atoms with Gasteiger partial charge in [0, 0.05) is 28.1 Å². The Morgan fingerprint density at radius 1 is 1.04 bits per heavy atom. The molecule has 0 unspecified atom stereocenters. The van der Waals surface area contributed by atoms with Gasteiger partial charge in [-0.05, 0) is 32.0 Å². The van der Waals surface area contributed by atoms with E-state index in [4.69, 9.17) is 0 Å². The van der Waals surface area contributed by atoms with Gasteiger partial charge in [-0.15, -0.1) is 11.3 Å². The molecule has 0 saturated carbocycles. The zero-order valence-corrected chi connectivity index (χ0v) is 16.3. The van der Waals surface area contributed by atoms with Crippen molar-refractivity contribution in [2.45, 2.75) is 27.2 Å². The first-order chi connectivity index (χ1) is 13.0. The van der Waals surface area contributed by atoms with E-state index in [0.29, 0.717) is 22.8 Å². The average molecular weight is 379 g/mol. The molecule has 6 heteroatoms. The minimum absolute atomic E-state index is 0.0918. The molecule has 0 spiro atoms. The van der Waals surface area contributed by atoms with Crippen molar-refractivity contribution in [3.8, 4) is 11.3 Å². The number of amides is 2. The summed E-state index contributed by atoms with van der Waals surface area (Å²) in [5.41, 5.74) is 4.16. The van der Waals surface area contributed by atoms with Crippen molar-refractivity contribution in [3.63, 3.8) is 0 Å². The Morgan fingerprint density at radius 2 is 1.78 bits per heavy atom. The number of anilines is 2. The number of aryl methyl sites for hydroxylation is 2. The van der Waals surface area contributed by atoms with Crippen LogP contribution in [0.15, 0.2) is 48.5 Å². The normalized spacial score (nSPS) is 10.5. The molecule has 1 aromatic heterocycles. The monoisotopic (exact) mass is 379 g/mol. The molecular formula is C21H21N3O2S. The highest BCUT2D eigenvalue weighted by molar-refractivity contribution is 7.16. The summed E-state index contributed by atoms with van der Waals surface area (Å²) < 4.78 is 0. The number of hydrogen-bond donors (Lipinski definition) is 2. The number of carbonyl (C=O) groups is 2. The summed E-state index contributed by atoms with van der Waals surface area (Å²) in [6.07, 6.45) is 0.386. The molecule has 138 valence electrons. The third kappa shape index (κ3) is 4.60. The van der Waals surface area contributed by atoms with E-state index in [0.717, 1.165) is 16.1 Å². The number of hydrogen-bond acceptors (Lipinski definition) is 4. The molecule has 0 bridgehead atoms. The summed E-state index contributed by atoms with van der Waals surface area (Å²) >= 11 is 1.44. The molecule has 2 N–H and O–H groups in total. The Labute approximate surface area is 162 Å². The zero-order valence-electron chi connectivity index (χ0n) is 15.5. The first kappa shape index (κ1) is 18.8. The van der Waals surface area contributed by atoms with Crippen LogP contribution in [0, 0.1) is 13.8 Å². The van der Waals surface area contributed by atoms with E-state index < -0.39 is 0 Å². The van der Waals surface area contributed by atoms with Gasteiger partial charge in [0.15, 0.2) is 5.13 Å². The maximum absolute atomic E-state index is 12.6. The first-order valence-corrected chi connectivity index (χ1v) is 9.53. The van der Waals surface area contributed by atoms with Crippen LogP contribution in [0.3, 0.4) is 0 Å². The third-order valence-electron chi connectivity index (χ3n) is 4.07. The van der Waals surface area contributed by atoms with Crippen LogP contribution < -0.4 is 10.6 Å². The van der Waals surface area contributed by atoms with E-state index in [1.165, 1.54) is 16.9 Å². The van der Waals surface area contributed by atoms with E-state index in [2.05, 4.69) is 15.6 Å². The largest absolute Gasteiger partial charge is 0.326 e. The van der Waals surface area contributed by atoms with Crippen LogP contribution in [-0.4, -0.2) is 16.8 Å². The Kier molecular flexibility index (Phi) is 5.66. The van der Waals surface area contributed by atoms with Gasteiger partial charge in [0.1, 0.15) is 0 Å². The molecule has 3 aromatic rings. The van der Waals surface area contributed by atoms with Gasteiger partial charge in [0.05, 0.1) is 5.69 Å². The smallest absolute Gasteiger partial charge is 0.257 e. The van der Waals surface area contributed by atoms with Crippen molar-refractivity contribution in [2.75, 3.05) is 10.6 Å². The molecular weight excluding hydrogens is 358 g/mol. The number of nitrogens with zero attached hydrogens (tertiary/aromatic N) is 1. The minimum atomic E-state index is -0.258. The fourth-order valence-electron chi connectivity index (χ4n) is 2.59. The highest BCUT2D eigenvalue weighted by atomic mass is 32.1. The molecule has 0 aliphatic heterocycles. The molecule has 0 aliphatic rings. The fraction of sp³-hybridized carbons (Fsp3) is 0.190. The maximum Gasteiger partial charge on any atom is 0.257 e. The van der Waals surface area contributed by atoms with Gasteiger partial charge in [-0.3, -0.25) is 14.9 Å². The second kappa shape index (κ2) is 8.14. The molecule has 0 atom stereocenters. The molecule has 2 amide bonds. The van der Waals surface area contributed by atoms with E-state index in [1.54, 1.807) is 31.2 Å². The second-order valence-electron chi connectivity index (χ2n) is 6.23. The summed E-state index contributed by atoms with van der Waals surface area (Å²) in [6.45, 7) is 5.81. The van der Waals surface area contributed by atoms with Crippen LogP contribution >= 0.6 is 11.3 Å². The van der Waals surface area contributed by atoms with Gasteiger partial charge in [-0.25, -0.2) is 4.98 Å². The lowest BCUT2D eigenvalue weighted by atomic mass is 10.1. The number of carbonyl (C=O) groups excluding carboxylic acids is 2. The van der Waals surface area contributed by atoms with Crippen LogP contribution in [0.25, 0.3) is 11.3 Å². The number of aromatic nitrogens is 1. The van der Waals surface area contributed by atoms with Crippen LogP contribution in [0.5, 0.6) is 0 Å². The highest BCUT2D eigenvalue weighted by Gasteiger charge is 2.14. The quantitative estimate of drug-likeness (QED) is 0.653. The summed E-state index contributed by atoms with van der Waals surface area (Å²) in [7, 11) is 0. The molecule has 0 aliphatic carbocycles. The van der Waals surface area contributed by atoms with Crippen LogP contribution in [-0.2, 0) is 4.79 Å². The summed E-state index contributed by atoms with van der Waals surface area (Å²) in [6, 6.07) is 15.0. The average Bonchev–Trinajstić information content (AvgIpc) is 3.02. The Morgan fingerprint density at radius 3 is 2.48 bits per heavy atom. The molecule has 0 fully saturated rings. The van der Waals surface area contributed by atoms with Gasteiger partial charge in [-0.1, -0.05) is 42.8 Å². The predicted octanol–water partition coefficient (Wildman–Crippen LogP) is 5.03. The van der Waals surface area contributed by atoms with Crippen molar-refractivity contribution in [2.24, 2.45) is 0 Å². The fourth-order valence-corrected chi connectivity index (χ4v) is 3.42. The topological polar surface area (TPSA) is 71.1 Å². The predicted molar refractivity (Wildman–Crippen MR) is 110 cm³/mol. The Hall–Kier alpha value is -2.99. The Bertz CT molecular complexity index is 977. The van der Waals surface area contributed by atoms with Crippen molar-refractivity contribution < 1.29 is 9.59 Å². The zero-order chi connectivity index (χ0) is 19.4. The van der Waals surface area contributed by atoms with Crippen LogP contribution in [0.4, 0.5) is 10.8 Å². The van der Waals surface area contributed by atoms with Crippen molar-refractivity contribution in [3.05, 3.63) is 64.5 Å². The summed E-state index contributed by atoms with van der Waals surface area (Å²) in [4.78, 5) is 29.7. The van der Waals surface area contributed by atoms with Crippen molar-refractivity contribution in [1.82, 2.24) is 4.98 Å². The van der Waals surface area contributed by atoms with Crippen LogP contribution in [0.1, 0.15) is 34.1 Å². The van der Waals surface area contributed by atoms with Gasteiger partial charge in [0.2, 0.25) is 5.91 Å². The molecule has 2 aromatic carbocycles. The van der Waals surface area contributed by atoms with E-state index in [-0.39, 0.29) is 11.8 Å². The maximum atomic E-state index is 12.6. The number of nitrogens with one attached hydrogen (secondary N) is 2. The number of benzene rings is 2. The minimum Gasteiger partial charge on any atom is -0.326 e. The number of rotatable bonds is 5. The van der Waals surface area contributed by atoms with Gasteiger partial charge in [0.25, 0.3) is 5.91 Å². The van der Waals surface area contributed by atoms with Crippen molar-refractivity contribution >= 4 is 34.0 Å². The first-order valence-electron chi connectivity index (χ1n) is 8.72. The van der Waals surface area contributed by atoms with Gasteiger partial charge >= 0.3 is 0 Å². The van der Waals surface area contributed by atoms with E-state index in [9.17, 15) is 9.59 Å². The lowest BCUT2D eigenvalue weighted by molar-refractivity contribution is -0.115. The number of thiazole rings is 1. The lowest BCUT2D eigenvalue weighted by Gasteiger charge is -2.06. The molecule has 0 radical (unpaired) electrons. The van der Waals surface area contributed by atoms with Gasteiger partial charge in [-0.2, -0.15) is 0 Å². The summed E-state index contributed by atoms with van der Waals surface area (Å²) in [5, 5.41) is 6.16. The standard InChI is InChI=1S/C21H21N3O2S/c1-4-18(25)22-17-7-5-6-16(12-17)20(26)24-21-23-19(14(3)27-21)15-10-8-13(2)9-11-15/h5-12H,4H2,1-3H3,(H,22,25)(H,23,24,26). The molecule has 5 nitrogen and oxygen atoms in total. The van der Waals surface area contributed by atoms with E-state index in [1.807, 2.05) is 38.1 Å². The lowest BCUT2D eigenvalue weighted by Crippen LogP contribution is -2.13. The molecule has 0 saturated heterocycles. The highest BCUT2D eigenvalue weighted by Crippen LogP contribution is 2.30. The molecule has 1 heterocycles. The second-order valence-corrected chi connectivity index (χ2v) is 7.43. The molecule has 3 rings (SSSR count). The Balaban J connectivity index is 1.77. The summed E-state index contributed by atoms with van der Waals surface area (Å²) in [5.74, 6) is -0.349. The third-order valence-corrected chi connectivity index (χ3v) is 4.96.